The highest BCUT2D eigenvalue weighted by Crippen LogP contribution is 2.21. The van der Waals surface area contributed by atoms with E-state index >= 15 is 0 Å². The summed E-state index contributed by atoms with van der Waals surface area (Å²) < 4.78 is 13.1. The van der Waals surface area contributed by atoms with E-state index in [1.165, 1.54) is 17.8 Å². The zero-order chi connectivity index (χ0) is 11.1. The Morgan fingerprint density at radius 1 is 1.53 bits per heavy atom. The van der Waals surface area contributed by atoms with Gasteiger partial charge in [0, 0.05) is 17.1 Å². The second-order valence-electron chi connectivity index (χ2n) is 2.69. The van der Waals surface area contributed by atoms with Crippen molar-refractivity contribution < 1.29 is 9.18 Å². The molecule has 0 aromatic heterocycles. The number of carbonyl (C=O) groups is 1. The van der Waals surface area contributed by atoms with Gasteiger partial charge in [0.15, 0.2) is 6.19 Å². The number of thioether (sulfide) groups is 1. The van der Waals surface area contributed by atoms with Gasteiger partial charge < -0.3 is 0 Å². The van der Waals surface area contributed by atoms with Crippen LogP contribution in [0.25, 0.3) is 0 Å². The van der Waals surface area contributed by atoms with E-state index in [1.807, 2.05) is 5.32 Å². The fourth-order valence-corrected chi connectivity index (χ4v) is 1.83. The lowest BCUT2D eigenvalue weighted by molar-refractivity contribution is -0.119. The Labute approximate surface area is 91.3 Å². The van der Waals surface area contributed by atoms with Crippen molar-refractivity contribution in [3.8, 4) is 6.19 Å². The molecular formula is C10H9FN2OS. The molecule has 1 N–H and O–H groups in total. The van der Waals surface area contributed by atoms with Gasteiger partial charge in [-0.3, -0.25) is 10.1 Å². The van der Waals surface area contributed by atoms with Gasteiger partial charge in [-0.25, -0.2) is 4.39 Å². The molecule has 0 atom stereocenters. The standard InChI is InChI=1S/C10H9FN2OS/c11-8-3-1-2-4-9(8)15-6-5-10(14)13-7-12/h1-4H,5-6H2,(H,13,14). The number of carbonyl (C=O) groups excluding carboxylic acids is 1. The lowest BCUT2D eigenvalue weighted by atomic mass is 10.3. The fraction of sp³-hybridized carbons (Fsp3) is 0.200. The van der Waals surface area contributed by atoms with Gasteiger partial charge in [-0.2, -0.15) is 5.26 Å². The van der Waals surface area contributed by atoms with Crippen molar-refractivity contribution in [1.82, 2.24) is 5.32 Å². The predicted molar refractivity (Wildman–Crippen MR) is 55.5 cm³/mol. The molecule has 15 heavy (non-hydrogen) atoms. The van der Waals surface area contributed by atoms with Gasteiger partial charge in [-0.15, -0.1) is 11.8 Å². The van der Waals surface area contributed by atoms with Gasteiger partial charge in [-0.1, -0.05) is 12.1 Å². The first-order valence-electron chi connectivity index (χ1n) is 4.29. The Bertz CT molecular complexity index is 389. The lowest BCUT2D eigenvalue weighted by Gasteiger charge is -2.01. The highest BCUT2D eigenvalue weighted by molar-refractivity contribution is 7.99. The van der Waals surface area contributed by atoms with Crippen LogP contribution in [0.3, 0.4) is 0 Å². The molecule has 1 amide bonds. The van der Waals surface area contributed by atoms with Crippen molar-refractivity contribution in [3.05, 3.63) is 30.1 Å². The number of hydrogen-bond acceptors (Lipinski definition) is 3. The van der Waals surface area contributed by atoms with Crippen LogP contribution in [0.2, 0.25) is 0 Å². The third-order valence-corrected chi connectivity index (χ3v) is 2.67. The smallest absolute Gasteiger partial charge is 0.233 e. The second kappa shape index (κ2) is 6.04. The number of nitriles is 1. The molecule has 0 unspecified atom stereocenters. The number of benzene rings is 1. The van der Waals surface area contributed by atoms with Crippen molar-refractivity contribution in [2.24, 2.45) is 0 Å². The SMILES string of the molecule is N#CNC(=O)CCSc1ccccc1F. The van der Waals surface area contributed by atoms with Crippen LogP contribution in [0, 0.1) is 17.3 Å². The largest absolute Gasteiger partial charge is 0.274 e. The van der Waals surface area contributed by atoms with Crippen LogP contribution in [-0.4, -0.2) is 11.7 Å². The maximum atomic E-state index is 13.1. The van der Waals surface area contributed by atoms with E-state index < -0.39 is 0 Å². The molecule has 0 saturated carbocycles. The van der Waals surface area contributed by atoms with Crippen molar-refractivity contribution in [2.75, 3.05) is 5.75 Å². The molecule has 3 nitrogen and oxygen atoms in total. The van der Waals surface area contributed by atoms with Gasteiger partial charge in [-0.05, 0) is 12.1 Å². The Balaban J connectivity index is 2.36. The average Bonchev–Trinajstić information content (AvgIpc) is 2.21. The Hall–Kier alpha value is -1.54. The molecule has 78 valence electrons. The third kappa shape index (κ3) is 4.00. The zero-order valence-corrected chi connectivity index (χ0v) is 8.68. The number of rotatable bonds is 4. The summed E-state index contributed by atoms with van der Waals surface area (Å²) in [6, 6.07) is 6.38. The molecule has 0 fully saturated rings. The van der Waals surface area contributed by atoms with Crippen molar-refractivity contribution in [1.29, 1.82) is 5.26 Å². The van der Waals surface area contributed by atoms with E-state index in [4.69, 9.17) is 5.26 Å². The zero-order valence-electron chi connectivity index (χ0n) is 7.87. The van der Waals surface area contributed by atoms with Gasteiger partial charge in [0.25, 0.3) is 0 Å². The molecular weight excluding hydrogens is 215 g/mol. The normalized spacial score (nSPS) is 9.33. The number of nitrogens with zero attached hydrogens (tertiary/aromatic N) is 1. The van der Waals surface area contributed by atoms with Crippen LogP contribution in [0.5, 0.6) is 0 Å². The highest BCUT2D eigenvalue weighted by atomic mass is 32.2. The van der Waals surface area contributed by atoms with Gasteiger partial charge in [0.2, 0.25) is 5.91 Å². The van der Waals surface area contributed by atoms with Crippen LogP contribution in [0.1, 0.15) is 6.42 Å². The van der Waals surface area contributed by atoms with Crippen molar-refractivity contribution in [3.63, 3.8) is 0 Å². The summed E-state index contributed by atoms with van der Waals surface area (Å²) >= 11 is 1.26. The molecule has 0 bridgehead atoms. The molecule has 1 aromatic carbocycles. The maximum absolute atomic E-state index is 13.1. The van der Waals surface area contributed by atoms with Crippen LogP contribution in [0.15, 0.2) is 29.2 Å². The molecule has 5 heteroatoms. The molecule has 1 aromatic rings. The molecule has 0 radical (unpaired) electrons. The lowest BCUT2D eigenvalue weighted by Crippen LogP contribution is -2.17. The molecule has 0 aliphatic heterocycles. The first-order chi connectivity index (χ1) is 7.24. The van der Waals surface area contributed by atoms with E-state index in [0.717, 1.165) is 0 Å². The van der Waals surface area contributed by atoms with E-state index in [2.05, 4.69) is 0 Å². The summed E-state index contributed by atoms with van der Waals surface area (Å²) in [5.41, 5.74) is 0. The summed E-state index contributed by atoms with van der Waals surface area (Å²) in [6.07, 6.45) is 1.75. The third-order valence-electron chi connectivity index (χ3n) is 1.62. The summed E-state index contributed by atoms with van der Waals surface area (Å²) in [5.74, 6) is -0.182. The van der Waals surface area contributed by atoms with E-state index in [1.54, 1.807) is 24.4 Å². The Morgan fingerprint density at radius 3 is 2.93 bits per heavy atom. The molecule has 1 rings (SSSR count). The Morgan fingerprint density at radius 2 is 2.27 bits per heavy atom. The maximum Gasteiger partial charge on any atom is 0.233 e. The number of nitrogens with one attached hydrogen (secondary N) is 1. The summed E-state index contributed by atoms with van der Waals surface area (Å²) in [5, 5.41) is 10.2. The predicted octanol–water partition coefficient (Wildman–Crippen LogP) is 1.91. The van der Waals surface area contributed by atoms with Crippen LogP contribution >= 0.6 is 11.8 Å². The molecule has 0 heterocycles. The van der Waals surface area contributed by atoms with Crippen LogP contribution in [0.4, 0.5) is 4.39 Å². The van der Waals surface area contributed by atoms with Crippen LogP contribution < -0.4 is 5.32 Å². The summed E-state index contributed by atoms with van der Waals surface area (Å²) in [4.78, 5) is 11.4. The van der Waals surface area contributed by atoms with E-state index in [9.17, 15) is 9.18 Å². The van der Waals surface area contributed by atoms with Gasteiger partial charge in [0.05, 0.1) is 0 Å². The van der Waals surface area contributed by atoms with Crippen molar-refractivity contribution in [2.45, 2.75) is 11.3 Å². The minimum Gasteiger partial charge on any atom is -0.274 e. The van der Waals surface area contributed by atoms with Crippen molar-refractivity contribution >= 4 is 17.7 Å². The second-order valence-corrected chi connectivity index (χ2v) is 3.83. The summed E-state index contributed by atoms with van der Waals surface area (Å²) in [6.45, 7) is 0. The van der Waals surface area contributed by atoms with E-state index in [0.29, 0.717) is 10.6 Å². The summed E-state index contributed by atoms with van der Waals surface area (Å²) in [7, 11) is 0. The monoisotopic (exact) mass is 224 g/mol. The molecule has 0 spiro atoms. The van der Waals surface area contributed by atoms with Gasteiger partial charge >= 0.3 is 0 Å². The van der Waals surface area contributed by atoms with Crippen LogP contribution in [-0.2, 0) is 4.79 Å². The first kappa shape index (κ1) is 11.5. The Kier molecular flexibility index (Phi) is 4.64. The minimum atomic E-state index is -0.346. The molecule has 0 saturated heterocycles. The fourth-order valence-electron chi connectivity index (χ4n) is 0.940. The number of halogens is 1. The number of amides is 1. The minimum absolute atomic E-state index is 0.201. The molecule has 0 aliphatic carbocycles. The molecule has 0 aliphatic rings. The first-order valence-corrected chi connectivity index (χ1v) is 5.28. The van der Waals surface area contributed by atoms with E-state index in [-0.39, 0.29) is 18.1 Å². The van der Waals surface area contributed by atoms with Gasteiger partial charge in [0.1, 0.15) is 5.82 Å². The quantitative estimate of drug-likeness (QED) is 0.483. The topological polar surface area (TPSA) is 52.9 Å². The highest BCUT2D eigenvalue weighted by Gasteiger charge is 2.03. The average molecular weight is 224 g/mol. The number of hydrogen-bond donors (Lipinski definition) is 1.